The van der Waals surface area contributed by atoms with E-state index in [2.05, 4.69) is 16.4 Å². The zero-order valence-corrected chi connectivity index (χ0v) is 9.79. The third-order valence-corrected chi connectivity index (χ3v) is 2.85. The van der Waals surface area contributed by atoms with Gasteiger partial charge < -0.3 is 0 Å². The van der Waals surface area contributed by atoms with Crippen molar-refractivity contribution in [1.82, 2.24) is 0 Å². The Bertz CT molecular complexity index is 362. The van der Waals surface area contributed by atoms with E-state index in [0.717, 1.165) is 24.8 Å². The van der Waals surface area contributed by atoms with Crippen LogP contribution in [0.3, 0.4) is 0 Å². The highest BCUT2D eigenvalue weighted by molar-refractivity contribution is 5.24. The van der Waals surface area contributed by atoms with Crippen molar-refractivity contribution in [1.29, 1.82) is 0 Å². The normalized spacial score (nSPS) is 22.9. The highest BCUT2D eigenvalue weighted by Gasteiger charge is 2.43. The fraction of sp³-hybridized carbons (Fsp3) is 0.538. The number of unbranched alkanes of at least 4 members (excludes halogenated alkanes) is 1. The van der Waals surface area contributed by atoms with Gasteiger partial charge in [0.15, 0.2) is 0 Å². The molecule has 2 nitrogen and oxygen atoms in total. The lowest BCUT2D eigenvalue weighted by Gasteiger charge is -2.10. The quantitative estimate of drug-likeness (QED) is 0.802. The van der Waals surface area contributed by atoms with E-state index in [4.69, 9.17) is 0 Å². The second kappa shape index (κ2) is 5.10. The van der Waals surface area contributed by atoms with Crippen LogP contribution in [0.15, 0.2) is 24.3 Å². The molecule has 1 saturated heterocycles. The largest absolute Gasteiger partial charge is 0.486 e. The van der Waals surface area contributed by atoms with Gasteiger partial charge >= 0.3 is 6.29 Å². The summed E-state index contributed by atoms with van der Waals surface area (Å²) < 4.78 is 34.1. The highest BCUT2D eigenvalue weighted by atomic mass is 19.3. The zero-order chi connectivity index (χ0) is 12.3. The summed E-state index contributed by atoms with van der Waals surface area (Å²) in [5.41, 5.74) is 1.96. The van der Waals surface area contributed by atoms with E-state index >= 15 is 0 Å². The first-order valence-electron chi connectivity index (χ1n) is 5.89. The Morgan fingerprint density at radius 1 is 1.29 bits per heavy atom. The summed E-state index contributed by atoms with van der Waals surface area (Å²) in [4.78, 5) is 0. The Morgan fingerprint density at radius 2 is 2.00 bits per heavy atom. The maximum atomic E-state index is 12.7. The molecule has 1 aromatic rings. The Kier molecular flexibility index (Phi) is 3.74. The summed E-state index contributed by atoms with van der Waals surface area (Å²) in [6.45, 7) is 2.04. The van der Waals surface area contributed by atoms with Gasteiger partial charge in [-0.2, -0.15) is 0 Å². The SMILES string of the molecule is CCCCc1ccc(C2COC(F)(F)O2)cc1. The third kappa shape index (κ3) is 3.23. The summed E-state index contributed by atoms with van der Waals surface area (Å²) in [6.07, 6.45) is -0.792. The van der Waals surface area contributed by atoms with Crippen molar-refractivity contribution >= 4 is 0 Å². The molecule has 1 aromatic carbocycles. The van der Waals surface area contributed by atoms with Gasteiger partial charge in [-0.1, -0.05) is 37.6 Å². The molecule has 2 rings (SSSR count). The molecule has 0 bridgehead atoms. The molecular weight excluding hydrogens is 226 g/mol. The van der Waals surface area contributed by atoms with Crippen molar-refractivity contribution in [3.63, 3.8) is 0 Å². The molecule has 1 atom stereocenters. The van der Waals surface area contributed by atoms with Crippen LogP contribution in [0.2, 0.25) is 0 Å². The van der Waals surface area contributed by atoms with Gasteiger partial charge in [0, 0.05) is 0 Å². The van der Waals surface area contributed by atoms with E-state index in [-0.39, 0.29) is 6.61 Å². The Labute approximate surface area is 99.5 Å². The van der Waals surface area contributed by atoms with Crippen LogP contribution in [0.1, 0.15) is 37.0 Å². The van der Waals surface area contributed by atoms with Gasteiger partial charge in [-0.15, -0.1) is 8.78 Å². The lowest BCUT2D eigenvalue weighted by Crippen LogP contribution is -2.15. The number of aryl methyl sites for hydroxylation is 1. The lowest BCUT2D eigenvalue weighted by atomic mass is 10.0. The zero-order valence-electron chi connectivity index (χ0n) is 9.79. The maximum absolute atomic E-state index is 12.7. The van der Waals surface area contributed by atoms with Gasteiger partial charge in [0.05, 0.1) is 6.61 Å². The maximum Gasteiger partial charge on any atom is 0.486 e. The molecule has 17 heavy (non-hydrogen) atoms. The number of hydrogen-bond acceptors (Lipinski definition) is 2. The van der Waals surface area contributed by atoms with Crippen LogP contribution in [0.25, 0.3) is 0 Å². The molecule has 0 saturated carbocycles. The number of rotatable bonds is 4. The average Bonchev–Trinajstić information content (AvgIpc) is 2.68. The predicted octanol–water partition coefficient (Wildman–Crippen LogP) is 3.67. The van der Waals surface area contributed by atoms with E-state index < -0.39 is 12.4 Å². The highest BCUT2D eigenvalue weighted by Crippen LogP contribution is 2.35. The Hall–Kier alpha value is -1.00. The van der Waals surface area contributed by atoms with Crippen LogP contribution in [0.4, 0.5) is 8.78 Å². The Balaban J connectivity index is 1.98. The molecule has 1 aliphatic heterocycles. The van der Waals surface area contributed by atoms with Gasteiger partial charge in [0.1, 0.15) is 6.10 Å². The smallest absolute Gasteiger partial charge is 0.293 e. The third-order valence-electron chi connectivity index (χ3n) is 2.85. The monoisotopic (exact) mass is 242 g/mol. The minimum Gasteiger partial charge on any atom is -0.293 e. The fourth-order valence-electron chi connectivity index (χ4n) is 1.85. The minimum atomic E-state index is -3.44. The molecule has 0 N–H and O–H groups in total. The first kappa shape index (κ1) is 12.5. The number of alkyl halides is 2. The van der Waals surface area contributed by atoms with Crippen molar-refractivity contribution in [2.45, 2.75) is 38.6 Å². The van der Waals surface area contributed by atoms with Crippen LogP contribution in [0, 0.1) is 0 Å². The predicted molar refractivity (Wildman–Crippen MR) is 59.8 cm³/mol. The molecule has 1 aliphatic rings. The van der Waals surface area contributed by atoms with Crippen molar-refractivity contribution in [2.75, 3.05) is 6.61 Å². The lowest BCUT2D eigenvalue weighted by molar-refractivity contribution is -0.347. The molecule has 1 heterocycles. The van der Waals surface area contributed by atoms with Crippen LogP contribution >= 0.6 is 0 Å². The van der Waals surface area contributed by atoms with Gasteiger partial charge in [-0.3, -0.25) is 9.47 Å². The summed E-state index contributed by atoms with van der Waals surface area (Å²) in [6, 6.07) is 7.59. The molecule has 94 valence electrons. The second-order valence-electron chi connectivity index (χ2n) is 4.23. The van der Waals surface area contributed by atoms with E-state index in [1.54, 1.807) is 0 Å². The number of hydrogen-bond donors (Lipinski definition) is 0. The number of benzene rings is 1. The molecular formula is C13H16F2O2. The molecule has 0 aliphatic carbocycles. The minimum absolute atomic E-state index is 0.0959. The van der Waals surface area contributed by atoms with Gasteiger partial charge in [0.25, 0.3) is 0 Å². The van der Waals surface area contributed by atoms with Crippen LogP contribution in [-0.2, 0) is 15.9 Å². The van der Waals surface area contributed by atoms with Crippen molar-refractivity contribution in [2.24, 2.45) is 0 Å². The summed E-state index contributed by atoms with van der Waals surface area (Å²) in [5.74, 6) is 0. The molecule has 1 unspecified atom stereocenters. The van der Waals surface area contributed by atoms with E-state index in [0.29, 0.717) is 0 Å². The van der Waals surface area contributed by atoms with Gasteiger partial charge in [-0.05, 0) is 24.0 Å². The van der Waals surface area contributed by atoms with Crippen LogP contribution in [0.5, 0.6) is 0 Å². The average molecular weight is 242 g/mol. The summed E-state index contributed by atoms with van der Waals surface area (Å²) >= 11 is 0. The van der Waals surface area contributed by atoms with Crippen molar-refractivity contribution < 1.29 is 18.3 Å². The number of halogens is 2. The van der Waals surface area contributed by atoms with Crippen molar-refractivity contribution in [3.8, 4) is 0 Å². The van der Waals surface area contributed by atoms with Gasteiger partial charge in [-0.25, -0.2) is 0 Å². The van der Waals surface area contributed by atoms with E-state index in [1.807, 2.05) is 24.3 Å². The molecule has 4 heteroatoms. The van der Waals surface area contributed by atoms with Crippen molar-refractivity contribution in [3.05, 3.63) is 35.4 Å². The van der Waals surface area contributed by atoms with Gasteiger partial charge in [0.2, 0.25) is 0 Å². The molecule has 1 fully saturated rings. The van der Waals surface area contributed by atoms with Crippen LogP contribution < -0.4 is 0 Å². The topological polar surface area (TPSA) is 18.5 Å². The molecule has 0 radical (unpaired) electrons. The number of ether oxygens (including phenoxy) is 2. The molecule has 0 spiro atoms. The fourth-order valence-corrected chi connectivity index (χ4v) is 1.85. The Morgan fingerprint density at radius 3 is 2.53 bits per heavy atom. The van der Waals surface area contributed by atoms with E-state index in [1.165, 1.54) is 5.56 Å². The molecule has 0 amide bonds. The first-order chi connectivity index (χ1) is 8.11. The van der Waals surface area contributed by atoms with E-state index in [9.17, 15) is 8.78 Å². The first-order valence-corrected chi connectivity index (χ1v) is 5.89. The van der Waals surface area contributed by atoms with Crippen LogP contribution in [-0.4, -0.2) is 12.9 Å². The molecule has 0 aromatic heterocycles. The standard InChI is InChI=1S/C13H16F2O2/c1-2-3-4-10-5-7-11(8-6-10)12-9-16-13(14,15)17-12/h5-8,12H,2-4,9H2,1H3. The summed E-state index contributed by atoms with van der Waals surface area (Å²) in [7, 11) is 0. The second-order valence-corrected chi connectivity index (χ2v) is 4.23. The summed E-state index contributed by atoms with van der Waals surface area (Å²) in [5, 5.41) is 0.